The number of carbonyl (C=O) groups excluding carboxylic acids is 3. The van der Waals surface area contributed by atoms with Crippen LogP contribution in [0, 0.1) is 0 Å². The number of aromatic nitrogens is 2. The summed E-state index contributed by atoms with van der Waals surface area (Å²) >= 11 is 1.47. The summed E-state index contributed by atoms with van der Waals surface area (Å²) in [6, 6.07) is 9.52. The molecule has 2 saturated heterocycles. The van der Waals surface area contributed by atoms with Crippen molar-refractivity contribution in [3.63, 3.8) is 0 Å². The maximum absolute atomic E-state index is 12.6. The minimum atomic E-state index is -0.446. The van der Waals surface area contributed by atoms with E-state index in [0.29, 0.717) is 31.6 Å². The highest BCUT2D eigenvalue weighted by Crippen LogP contribution is 2.35. The molecule has 8 nitrogen and oxygen atoms in total. The minimum Gasteiger partial charge on any atom is -0.488 e. The zero-order valence-electron chi connectivity index (χ0n) is 17.7. The number of thiophene rings is 1. The van der Waals surface area contributed by atoms with Gasteiger partial charge in [0.05, 0.1) is 16.5 Å². The number of para-hydroxylation sites is 1. The molecule has 0 saturated carbocycles. The van der Waals surface area contributed by atoms with Crippen LogP contribution in [0.15, 0.2) is 35.7 Å². The van der Waals surface area contributed by atoms with Crippen molar-refractivity contribution in [2.45, 2.75) is 37.7 Å². The van der Waals surface area contributed by atoms with Crippen LogP contribution in [0.3, 0.4) is 0 Å². The van der Waals surface area contributed by atoms with Gasteiger partial charge in [-0.1, -0.05) is 18.2 Å². The van der Waals surface area contributed by atoms with Gasteiger partial charge < -0.3 is 9.64 Å². The number of likely N-dealkylation sites (tertiary alicyclic amines) is 1. The molecule has 0 radical (unpaired) electrons. The second kappa shape index (κ2) is 8.38. The number of piperidine rings is 2. The maximum atomic E-state index is 12.6. The highest BCUT2D eigenvalue weighted by molar-refractivity contribution is 7.12. The molecule has 1 unspecified atom stereocenters. The van der Waals surface area contributed by atoms with Gasteiger partial charge in [-0.3, -0.25) is 24.4 Å². The first kappa shape index (κ1) is 20.7. The maximum Gasteiger partial charge on any atom is 0.263 e. The van der Waals surface area contributed by atoms with Crippen molar-refractivity contribution in [2.75, 3.05) is 13.1 Å². The molecule has 1 atom stereocenters. The van der Waals surface area contributed by atoms with Crippen molar-refractivity contribution in [1.29, 1.82) is 0 Å². The van der Waals surface area contributed by atoms with Gasteiger partial charge in [0, 0.05) is 44.8 Å². The molecule has 166 valence electrons. The number of aryl methyl sites for hydroxylation is 1. The Morgan fingerprint density at radius 2 is 1.97 bits per heavy atom. The van der Waals surface area contributed by atoms with Crippen molar-refractivity contribution in [1.82, 2.24) is 20.0 Å². The van der Waals surface area contributed by atoms with Crippen LogP contribution in [-0.2, 0) is 16.6 Å². The first-order valence-corrected chi connectivity index (χ1v) is 11.7. The lowest BCUT2D eigenvalue weighted by Crippen LogP contribution is -2.41. The van der Waals surface area contributed by atoms with Crippen LogP contribution in [0.25, 0.3) is 10.9 Å². The SMILES string of the molecule is Cn1nc(C2CCC(=O)NC2=O)c2cccc(OC3CCN(C(=O)c4cccs4)CC3)c21. The average Bonchev–Trinajstić information content (AvgIpc) is 3.43. The van der Waals surface area contributed by atoms with E-state index >= 15 is 0 Å². The Hall–Kier alpha value is -3.20. The fraction of sp³-hybridized carbons (Fsp3) is 0.391. The van der Waals surface area contributed by atoms with Crippen LogP contribution in [0.1, 0.15) is 47.0 Å². The highest BCUT2D eigenvalue weighted by Gasteiger charge is 2.32. The highest BCUT2D eigenvalue weighted by atomic mass is 32.1. The van der Waals surface area contributed by atoms with Gasteiger partial charge in [-0.2, -0.15) is 5.10 Å². The largest absolute Gasteiger partial charge is 0.488 e. The van der Waals surface area contributed by atoms with Crippen LogP contribution in [0.5, 0.6) is 5.75 Å². The van der Waals surface area contributed by atoms with Gasteiger partial charge in [-0.05, 0) is 23.9 Å². The first-order valence-electron chi connectivity index (χ1n) is 10.8. The summed E-state index contributed by atoms with van der Waals surface area (Å²) in [5.74, 6) is -0.173. The summed E-state index contributed by atoms with van der Waals surface area (Å²) in [6.07, 6.45) is 2.28. The zero-order valence-corrected chi connectivity index (χ0v) is 18.6. The lowest BCUT2D eigenvalue weighted by molar-refractivity contribution is -0.134. The van der Waals surface area contributed by atoms with Crippen LogP contribution in [0.4, 0.5) is 0 Å². The van der Waals surface area contributed by atoms with Gasteiger partial charge in [-0.15, -0.1) is 11.3 Å². The number of benzene rings is 1. The van der Waals surface area contributed by atoms with Crippen molar-refractivity contribution in [3.05, 3.63) is 46.3 Å². The number of nitrogens with zero attached hydrogens (tertiary/aromatic N) is 3. The van der Waals surface area contributed by atoms with E-state index < -0.39 is 5.92 Å². The number of ether oxygens (including phenoxy) is 1. The minimum absolute atomic E-state index is 0.00179. The van der Waals surface area contributed by atoms with Gasteiger partial charge in [0.2, 0.25) is 11.8 Å². The molecule has 9 heteroatoms. The topological polar surface area (TPSA) is 93.5 Å². The molecule has 32 heavy (non-hydrogen) atoms. The Morgan fingerprint density at radius 3 is 2.69 bits per heavy atom. The Labute approximate surface area is 189 Å². The Kier molecular flexibility index (Phi) is 5.42. The number of amides is 3. The summed E-state index contributed by atoms with van der Waals surface area (Å²) < 4.78 is 8.11. The summed E-state index contributed by atoms with van der Waals surface area (Å²) in [5.41, 5.74) is 1.51. The van der Waals surface area contributed by atoms with Gasteiger partial charge in [0.25, 0.3) is 5.91 Å². The molecule has 3 amide bonds. The lowest BCUT2D eigenvalue weighted by atomic mass is 9.93. The van der Waals surface area contributed by atoms with E-state index in [1.807, 2.05) is 47.7 Å². The summed E-state index contributed by atoms with van der Waals surface area (Å²) in [6.45, 7) is 1.31. The van der Waals surface area contributed by atoms with Crippen LogP contribution in [-0.4, -0.2) is 51.6 Å². The summed E-state index contributed by atoms with van der Waals surface area (Å²) in [5, 5.41) is 9.82. The molecule has 4 heterocycles. The van der Waals surface area contributed by atoms with Crippen molar-refractivity contribution in [2.24, 2.45) is 7.05 Å². The molecule has 3 aromatic rings. The molecule has 0 bridgehead atoms. The molecule has 1 N–H and O–H groups in total. The van der Waals surface area contributed by atoms with Crippen LogP contribution in [0.2, 0.25) is 0 Å². The van der Waals surface area contributed by atoms with E-state index in [2.05, 4.69) is 10.4 Å². The van der Waals surface area contributed by atoms with Crippen molar-refractivity contribution < 1.29 is 19.1 Å². The van der Waals surface area contributed by atoms with E-state index in [-0.39, 0.29) is 23.8 Å². The predicted molar refractivity (Wildman–Crippen MR) is 120 cm³/mol. The molecule has 2 aliphatic heterocycles. The number of nitrogens with one attached hydrogen (secondary N) is 1. The number of imide groups is 1. The third-order valence-electron chi connectivity index (χ3n) is 6.18. The monoisotopic (exact) mass is 452 g/mol. The van der Waals surface area contributed by atoms with E-state index in [1.54, 1.807) is 4.68 Å². The molecule has 5 rings (SSSR count). The molecule has 1 aromatic carbocycles. The fourth-order valence-corrected chi connectivity index (χ4v) is 5.24. The van der Waals surface area contributed by atoms with Gasteiger partial charge >= 0.3 is 0 Å². The van der Waals surface area contributed by atoms with Gasteiger partial charge in [-0.25, -0.2) is 0 Å². The second-order valence-electron chi connectivity index (χ2n) is 8.25. The quantitative estimate of drug-likeness (QED) is 0.615. The molecule has 2 fully saturated rings. The summed E-state index contributed by atoms with van der Waals surface area (Å²) in [7, 11) is 1.84. The Morgan fingerprint density at radius 1 is 1.16 bits per heavy atom. The summed E-state index contributed by atoms with van der Waals surface area (Å²) in [4.78, 5) is 39.1. The van der Waals surface area contributed by atoms with E-state index in [4.69, 9.17) is 4.74 Å². The van der Waals surface area contributed by atoms with E-state index in [0.717, 1.165) is 34.4 Å². The van der Waals surface area contributed by atoms with E-state index in [1.165, 1.54) is 11.3 Å². The Balaban J connectivity index is 1.32. The zero-order chi connectivity index (χ0) is 22.2. The first-order chi connectivity index (χ1) is 15.5. The van der Waals surface area contributed by atoms with Crippen molar-refractivity contribution >= 4 is 40.0 Å². The number of hydrogen-bond donors (Lipinski definition) is 1. The van der Waals surface area contributed by atoms with Crippen molar-refractivity contribution in [3.8, 4) is 5.75 Å². The fourth-order valence-electron chi connectivity index (χ4n) is 4.55. The third-order valence-corrected chi connectivity index (χ3v) is 7.04. The van der Waals surface area contributed by atoms with Crippen LogP contribution < -0.4 is 10.1 Å². The second-order valence-corrected chi connectivity index (χ2v) is 9.20. The molecule has 2 aromatic heterocycles. The molecular weight excluding hydrogens is 428 g/mol. The normalized spacial score (nSPS) is 19.9. The molecule has 2 aliphatic rings. The lowest BCUT2D eigenvalue weighted by Gasteiger charge is -2.32. The smallest absolute Gasteiger partial charge is 0.263 e. The number of carbonyl (C=O) groups is 3. The Bertz CT molecular complexity index is 1180. The molecule has 0 aliphatic carbocycles. The molecular formula is C23H24N4O4S. The van der Waals surface area contributed by atoms with E-state index in [9.17, 15) is 14.4 Å². The standard InChI is InChI=1S/C23H24N4O4S/c1-26-21-15(20(25-26)16-7-8-19(28)24-22(16)29)4-2-5-17(21)31-14-9-11-27(12-10-14)23(30)18-6-3-13-32-18/h2-6,13-14,16H,7-12H2,1H3,(H,24,28,29). The van der Waals surface area contributed by atoms with Crippen LogP contribution >= 0.6 is 11.3 Å². The van der Waals surface area contributed by atoms with Gasteiger partial charge in [0.15, 0.2) is 0 Å². The van der Waals surface area contributed by atoms with Gasteiger partial charge in [0.1, 0.15) is 17.4 Å². The predicted octanol–water partition coefficient (Wildman–Crippen LogP) is 2.84. The number of rotatable bonds is 4. The number of fused-ring (bicyclic) bond motifs is 1. The number of hydrogen-bond acceptors (Lipinski definition) is 6. The molecule has 0 spiro atoms. The third kappa shape index (κ3) is 3.77. The average molecular weight is 453 g/mol.